The molecule has 138 valence electrons. The van der Waals surface area contributed by atoms with Crippen LogP contribution in [0.4, 0.5) is 4.39 Å². The summed E-state index contributed by atoms with van der Waals surface area (Å²) in [4.78, 5) is 29.2. The van der Waals surface area contributed by atoms with E-state index in [1.807, 2.05) is 0 Å². The van der Waals surface area contributed by atoms with Gasteiger partial charge in [-0.2, -0.15) is 4.98 Å². The predicted molar refractivity (Wildman–Crippen MR) is 96.4 cm³/mol. The van der Waals surface area contributed by atoms with Gasteiger partial charge in [0.2, 0.25) is 5.89 Å². The van der Waals surface area contributed by atoms with Crippen molar-refractivity contribution in [2.75, 3.05) is 0 Å². The summed E-state index contributed by atoms with van der Waals surface area (Å²) in [5.74, 6) is -0.562. The number of nitrogens with zero attached hydrogens (tertiary/aromatic N) is 2. The second kappa shape index (κ2) is 8.45. The molecule has 0 bridgehead atoms. The third-order valence-corrected chi connectivity index (χ3v) is 4.52. The molecule has 0 unspecified atom stereocenters. The van der Waals surface area contributed by atoms with Gasteiger partial charge in [0, 0.05) is 4.90 Å². The third kappa shape index (κ3) is 4.70. The number of halogens is 1. The highest BCUT2D eigenvalue weighted by Crippen LogP contribution is 2.25. The molecule has 0 aliphatic heterocycles. The van der Waals surface area contributed by atoms with Gasteiger partial charge in [-0.15, -0.1) is 11.8 Å². The SMILES string of the molecule is Cc1noc(CSc2ccccc2C(=O)NNC(=O)c2ccccc2F)n1. The molecule has 0 aliphatic rings. The fourth-order valence-electron chi connectivity index (χ4n) is 2.21. The fourth-order valence-corrected chi connectivity index (χ4v) is 3.10. The molecule has 3 aromatic rings. The molecule has 3 rings (SSSR count). The number of hydrogen-bond acceptors (Lipinski definition) is 6. The molecular formula is C18H15FN4O3S. The van der Waals surface area contributed by atoms with Crippen LogP contribution >= 0.6 is 11.8 Å². The Hall–Kier alpha value is -3.20. The van der Waals surface area contributed by atoms with Crippen molar-refractivity contribution in [2.24, 2.45) is 0 Å². The van der Waals surface area contributed by atoms with Crippen LogP contribution in [0.3, 0.4) is 0 Å². The maximum atomic E-state index is 13.6. The van der Waals surface area contributed by atoms with E-state index in [-0.39, 0.29) is 5.56 Å². The van der Waals surface area contributed by atoms with Gasteiger partial charge in [-0.1, -0.05) is 29.4 Å². The van der Waals surface area contributed by atoms with Crippen LogP contribution in [0.25, 0.3) is 0 Å². The molecule has 0 aliphatic carbocycles. The fraction of sp³-hybridized carbons (Fsp3) is 0.111. The van der Waals surface area contributed by atoms with Crippen molar-refractivity contribution in [1.29, 1.82) is 0 Å². The van der Waals surface area contributed by atoms with Crippen LogP contribution < -0.4 is 10.9 Å². The number of rotatable bonds is 5. The minimum Gasteiger partial charge on any atom is -0.338 e. The molecule has 7 nitrogen and oxygen atoms in total. The van der Waals surface area contributed by atoms with Crippen LogP contribution in [0.5, 0.6) is 0 Å². The Labute approximate surface area is 158 Å². The van der Waals surface area contributed by atoms with E-state index in [4.69, 9.17) is 4.52 Å². The van der Waals surface area contributed by atoms with Crippen molar-refractivity contribution >= 4 is 23.6 Å². The molecule has 2 N–H and O–H groups in total. The molecule has 27 heavy (non-hydrogen) atoms. The standard InChI is InChI=1S/C18H15FN4O3S/c1-11-20-16(26-23-11)10-27-15-9-5-3-7-13(15)18(25)22-21-17(24)12-6-2-4-8-14(12)19/h2-9H,10H2,1H3,(H,21,24)(H,22,25). The van der Waals surface area contributed by atoms with Crippen molar-refractivity contribution in [3.63, 3.8) is 0 Å². The number of thioether (sulfide) groups is 1. The van der Waals surface area contributed by atoms with E-state index in [1.165, 1.54) is 36.0 Å². The maximum Gasteiger partial charge on any atom is 0.272 e. The summed E-state index contributed by atoms with van der Waals surface area (Å²) in [6.45, 7) is 1.72. The number of benzene rings is 2. The first-order valence-electron chi connectivity index (χ1n) is 7.91. The van der Waals surface area contributed by atoms with Crippen molar-refractivity contribution < 1.29 is 18.5 Å². The topological polar surface area (TPSA) is 97.1 Å². The van der Waals surface area contributed by atoms with Gasteiger partial charge in [0.25, 0.3) is 11.8 Å². The molecule has 0 radical (unpaired) electrons. The lowest BCUT2D eigenvalue weighted by Crippen LogP contribution is -2.42. The van der Waals surface area contributed by atoms with Gasteiger partial charge in [0.05, 0.1) is 16.9 Å². The first-order chi connectivity index (χ1) is 13.0. The van der Waals surface area contributed by atoms with E-state index in [2.05, 4.69) is 21.0 Å². The molecular weight excluding hydrogens is 371 g/mol. The summed E-state index contributed by atoms with van der Waals surface area (Å²) in [7, 11) is 0. The normalized spacial score (nSPS) is 10.4. The van der Waals surface area contributed by atoms with E-state index in [9.17, 15) is 14.0 Å². The van der Waals surface area contributed by atoms with E-state index in [1.54, 1.807) is 31.2 Å². The minimum absolute atomic E-state index is 0.160. The lowest BCUT2D eigenvalue weighted by molar-refractivity contribution is 0.0842. The average molecular weight is 386 g/mol. The van der Waals surface area contributed by atoms with Gasteiger partial charge >= 0.3 is 0 Å². The Balaban J connectivity index is 1.64. The number of carbonyl (C=O) groups is 2. The second-order valence-corrected chi connectivity index (χ2v) is 6.43. The van der Waals surface area contributed by atoms with Crippen molar-refractivity contribution in [3.8, 4) is 0 Å². The Bertz CT molecular complexity index is 977. The van der Waals surface area contributed by atoms with E-state index in [0.29, 0.717) is 27.9 Å². The van der Waals surface area contributed by atoms with E-state index >= 15 is 0 Å². The zero-order valence-corrected chi connectivity index (χ0v) is 15.0. The number of hydrogen-bond donors (Lipinski definition) is 2. The molecule has 0 atom stereocenters. The Kier molecular flexibility index (Phi) is 5.82. The minimum atomic E-state index is -0.743. The number of nitrogens with one attached hydrogen (secondary N) is 2. The molecule has 0 saturated carbocycles. The number of carbonyl (C=O) groups excluding carboxylic acids is 2. The lowest BCUT2D eigenvalue weighted by atomic mass is 10.2. The van der Waals surface area contributed by atoms with Crippen LogP contribution in [0.2, 0.25) is 0 Å². The summed E-state index contributed by atoms with van der Waals surface area (Å²) >= 11 is 1.35. The summed E-state index contributed by atoms with van der Waals surface area (Å²) in [6.07, 6.45) is 0. The van der Waals surface area contributed by atoms with Crippen LogP contribution in [-0.2, 0) is 5.75 Å². The predicted octanol–water partition coefficient (Wildman–Crippen LogP) is 2.88. The molecule has 0 saturated heterocycles. The molecule has 0 spiro atoms. The van der Waals surface area contributed by atoms with Gasteiger partial charge in [0.1, 0.15) is 5.82 Å². The third-order valence-electron chi connectivity index (χ3n) is 3.46. The van der Waals surface area contributed by atoms with Crippen molar-refractivity contribution in [1.82, 2.24) is 21.0 Å². The first kappa shape index (κ1) is 18.6. The van der Waals surface area contributed by atoms with Gasteiger partial charge in [-0.05, 0) is 31.2 Å². The second-order valence-electron chi connectivity index (χ2n) is 5.41. The van der Waals surface area contributed by atoms with E-state index < -0.39 is 17.6 Å². The average Bonchev–Trinajstić information content (AvgIpc) is 3.10. The van der Waals surface area contributed by atoms with Crippen molar-refractivity contribution in [3.05, 3.63) is 77.2 Å². The van der Waals surface area contributed by atoms with E-state index in [0.717, 1.165) is 0 Å². The lowest BCUT2D eigenvalue weighted by Gasteiger charge is -2.10. The molecule has 2 aromatic carbocycles. The van der Waals surface area contributed by atoms with Crippen LogP contribution in [-0.4, -0.2) is 22.0 Å². The zero-order chi connectivity index (χ0) is 19.2. The number of aromatic nitrogens is 2. The van der Waals surface area contributed by atoms with Crippen LogP contribution in [0.15, 0.2) is 57.9 Å². The summed E-state index contributed by atoms with van der Waals surface area (Å²) in [5.41, 5.74) is 4.71. The van der Waals surface area contributed by atoms with Gasteiger partial charge in [0.15, 0.2) is 5.82 Å². The first-order valence-corrected chi connectivity index (χ1v) is 8.89. The molecule has 1 heterocycles. The Morgan fingerprint density at radius 1 is 1.04 bits per heavy atom. The molecule has 1 aromatic heterocycles. The number of hydrazine groups is 1. The number of amides is 2. The van der Waals surface area contributed by atoms with Gasteiger partial charge < -0.3 is 4.52 Å². The van der Waals surface area contributed by atoms with Gasteiger partial charge in [-0.25, -0.2) is 4.39 Å². The largest absolute Gasteiger partial charge is 0.338 e. The van der Waals surface area contributed by atoms with Gasteiger partial charge in [-0.3, -0.25) is 20.4 Å². The summed E-state index contributed by atoms with van der Waals surface area (Å²) < 4.78 is 18.7. The monoisotopic (exact) mass is 386 g/mol. The molecule has 9 heteroatoms. The Morgan fingerprint density at radius 2 is 1.67 bits per heavy atom. The van der Waals surface area contributed by atoms with Crippen LogP contribution in [0.1, 0.15) is 32.4 Å². The maximum absolute atomic E-state index is 13.6. The highest BCUT2D eigenvalue weighted by Gasteiger charge is 2.15. The smallest absolute Gasteiger partial charge is 0.272 e. The highest BCUT2D eigenvalue weighted by atomic mass is 32.2. The van der Waals surface area contributed by atoms with Crippen LogP contribution in [0, 0.1) is 12.7 Å². The quantitative estimate of drug-likeness (QED) is 0.517. The number of aryl methyl sites for hydroxylation is 1. The molecule has 2 amide bonds. The Morgan fingerprint density at radius 3 is 2.33 bits per heavy atom. The zero-order valence-electron chi connectivity index (χ0n) is 14.2. The highest BCUT2D eigenvalue weighted by molar-refractivity contribution is 7.98. The summed E-state index contributed by atoms with van der Waals surface area (Å²) in [5, 5.41) is 3.71. The summed E-state index contributed by atoms with van der Waals surface area (Å²) in [6, 6.07) is 12.4. The molecule has 0 fully saturated rings. The van der Waals surface area contributed by atoms with Crippen molar-refractivity contribution in [2.45, 2.75) is 17.6 Å².